The van der Waals surface area contributed by atoms with Crippen LogP contribution in [0, 0.1) is 13.8 Å². The first kappa shape index (κ1) is 9.58. The largest absolute Gasteiger partial charge is 0.302 e. The van der Waals surface area contributed by atoms with Crippen LogP contribution >= 0.6 is 0 Å². The summed E-state index contributed by atoms with van der Waals surface area (Å²) < 4.78 is 1.94. The molecule has 2 heterocycles. The zero-order chi connectivity index (χ0) is 10.8. The minimum absolute atomic E-state index is 0.438. The van der Waals surface area contributed by atoms with Crippen LogP contribution in [0.4, 0.5) is 0 Å². The molecule has 0 N–H and O–H groups in total. The van der Waals surface area contributed by atoms with Gasteiger partial charge in [-0.05, 0) is 26.0 Å². The van der Waals surface area contributed by atoms with Gasteiger partial charge in [-0.3, -0.25) is 9.78 Å². The molecule has 0 aliphatic carbocycles. The Balaban J connectivity index is 2.45. The molecule has 0 radical (unpaired) electrons. The number of carbonyl (C=O) groups is 1. The predicted molar refractivity (Wildman–Crippen MR) is 56.2 cm³/mol. The second-order valence-electron chi connectivity index (χ2n) is 3.36. The summed E-state index contributed by atoms with van der Waals surface area (Å²) in [5.41, 5.74) is 2.32. The summed E-state index contributed by atoms with van der Waals surface area (Å²) >= 11 is 0. The van der Waals surface area contributed by atoms with Gasteiger partial charge in [0.05, 0.1) is 17.6 Å². The molecular weight excluding hydrogens is 190 g/mol. The number of nitrogens with zero attached hydrogens (tertiary/aromatic N) is 3. The van der Waals surface area contributed by atoms with Crippen LogP contribution in [0.15, 0.2) is 24.5 Å². The summed E-state index contributed by atoms with van der Waals surface area (Å²) in [6.45, 7) is 3.87. The van der Waals surface area contributed by atoms with Gasteiger partial charge in [0, 0.05) is 6.20 Å². The maximum Gasteiger partial charge on any atom is 0.168 e. The Morgan fingerprint density at radius 2 is 2.13 bits per heavy atom. The number of aldehydes is 1. The Kier molecular flexibility index (Phi) is 2.33. The molecule has 2 aromatic heterocycles. The highest BCUT2D eigenvalue weighted by molar-refractivity contribution is 5.71. The maximum atomic E-state index is 10.4. The van der Waals surface area contributed by atoms with Crippen LogP contribution in [0.1, 0.15) is 22.0 Å². The third kappa shape index (κ3) is 1.79. The van der Waals surface area contributed by atoms with E-state index in [1.165, 1.54) is 0 Å². The first-order valence-electron chi connectivity index (χ1n) is 4.65. The summed E-state index contributed by atoms with van der Waals surface area (Å²) in [5, 5.41) is 0. The fourth-order valence-electron chi connectivity index (χ4n) is 1.49. The standard InChI is InChI=1S/C11H11N3O/c1-8-6-14(9(2)13-8)11-4-3-10(7-15)12-5-11/h3-7H,1-2H3. The first-order chi connectivity index (χ1) is 7.20. The van der Waals surface area contributed by atoms with Crippen molar-refractivity contribution in [1.82, 2.24) is 14.5 Å². The van der Waals surface area contributed by atoms with Gasteiger partial charge in [-0.2, -0.15) is 0 Å². The van der Waals surface area contributed by atoms with E-state index >= 15 is 0 Å². The highest BCUT2D eigenvalue weighted by Crippen LogP contribution is 2.10. The molecule has 4 heteroatoms. The molecule has 0 saturated carbocycles. The van der Waals surface area contributed by atoms with E-state index in [2.05, 4.69) is 9.97 Å². The molecule has 0 saturated heterocycles. The molecular formula is C11H11N3O. The van der Waals surface area contributed by atoms with E-state index in [1.54, 1.807) is 12.3 Å². The van der Waals surface area contributed by atoms with Crippen molar-refractivity contribution >= 4 is 6.29 Å². The van der Waals surface area contributed by atoms with E-state index in [0.29, 0.717) is 5.69 Å². The summed E-state index contributed by atoms with van der Waals surface area (Å²) in [6, 6.07) is 3.54. The molecule has 0 bridgehead atoms. The first-order valence-corrected chi connectivity index (χ1v) is 4.65. The van der Waals surface area contributed by atoms with Crippen molar-refractivity contribution in [2.75, 3.05) is 0 Å². The van der Waals surface area contributed by atoms with Gasteiger partial charge in [0.1, 0.15) is 11.5 Å². The van der Waals surface area contributed by atoms with E-state index in [4.69, 9.17) is 0 Å². The summed E-state index contributed by atoms with van der Waals surface area (Å²) in [6.07, 6.45) is 4.33. The van der Waals surface area contributed by atoms with Gasteiger partial charge in [0.2, 0.25) is 0 Å². The Labute approximate surface area is 87.6 Å². The summed E-state index contributed by atoms with van der Waals surface area (Å²) in [4.78, 5) is 18.7. The summed E-state index contributed by atoms with van der Waals surface area (Å²) in [5.74, 6) is 0.910. The smallest absolute Gasteiger partial charge is 0.168 e. The van der Waals surface area contributed by atoms with Gasteiger partial charge in [0.25, 0.3) is 0 Å². The zero-order valence-electron chi connectivity index (χ0n) is 8.64. The molecule has 0 fully saturated rings. The van der Waals surface area contributed by atoms with E-state index in [0.717, 1.165) is 23.5 Å². The second kappa shape index (κ2) is 3.65. The van der Waals surface area contributed by atoms with Gasteiger partial charge >= 0.3 is 0 Å². The molecule has 0 aliphatic heterocycles. The molecule has 76 valence electrons. The Hall–Kier alpha value is -1.97. The molecule has 0 spiro atoms. The Morgan fingerprint density at radius 1 is 1.33 bits per heavy atom. The fourth-order valence-corrected chi connectivity index (χ4v) is 1.49. The summed E-state index contributed by atoms with van der Waals surface area (Å²) in [7, 11) is 0. The van der Waals surface area contributed by atoms with Crippen molar-refractivity contribution < 1.29 is 4.79 Å². The Morgan fingerprint density at radius 3 is 2.60 bits per heavy atom. The van der Waals surface area contributed by atoms with Crippen LogP contribution in [-0.4, -0.2) is 20.8 Å². The predicted octanol–water partition coefficient (Wildman–Crippen LogP) is 1.70. The van der Waals surface area contributed by atoms with E-state index in [1.807, 2.05) is 30.7 Å². The van der Waals surface area contributed by atoms with Crippen LogP contribution in [0.25, 0.3) is 5.69 Å². The topological polar surface area (TPSA) is 47.8 Å². The average molecular weight is 201 g/mol. The second-order valence-corrected chi connectivity index (χ2v) is 3.36. The number of hydrogen-bond acceptors (Lipinski definition) is 3. The van der Waals surface area contributed by atoms with Crippen molar-refractivity contribution in [3.63, 3.8) is 0 Å². The number of aryl methyl sites for hydroxylation is 2. The van der Waals surface area contributed by atoms with Crippen LogP contribution < -0.4 is 0 Å². The van der Waals surface area contributed by atoms with Crippen molar-refractivity contribution in [3.05, 3.63) is 41.7 Å². The number of carbonyl (C=O) groups excluding carboxylic acids is 1. The van der Waals surface area contributed by atoms with Crippen LogP contribution in [-0.2, 0) is 0 Å². The highest BCUT2D eigenvalue weighted by atomic mass is 16.1. The normalized spacial score (nSPS) is 10.3. The van der Waals surface area contributed by atoms with Crippen LogP contribution in [0.3, 0.4) is 0 Å². The monoisotopic (exact) mass is 201 g/mol. The number of hydrogen-bond donors (Lipinski definition) is 0. The van der Waals surface area contributed by atoms with E-state index in [9.17, 15) is 4.79 Å². The van der Waals surface area contributed by atoms with E-state index in [-0.39, 0.29) is 0 Å². The third-order valence-electron chi connectivity index (χ3n) is 2.17. The van der Waals surface area contributed by atoms with Crippen LogP contribution in [0.5, 0.6) is 0 Å². The molecule has 2 rings (SSSR count). The highest BCUT2D eigenvalue weighted by Gasteiger charge is 2.03. The van der Waals surface area contributed by atoms with Gasteiger partial charge in [0.15, 0.2) is 6.29 Å². The van der Waals surface area contributed by atoms with Gasteiger partial charge in [-0.25, -0.2) is 4.98 Å². The number of rotatable bonds is 2. The van der Waals surface area contributed by atoms with Crippen molar-refractivity contribution in [1.29, 1.82) is 0 Å². The molecule has 0 aliphatic rings. The lowest BCUT2D eigenvalue weighted by Crippen LogP contribution is -1.97. The Bertz CT molecular complexity index is 485. The van der Waals surface area contributed by atoms with E-state index < -0.39 is 0 Å². The lowest BCUT2D eigenvalue weighted by Gasteiger charge is -2.03. The number of imidazole rings is 1. The molecule has 0 unspecified atom stereocenters. The van der Waals surface area contributed by atoms with Crippen molar-refractivity contribution in [2.24, 2.45) is 0 Å². The van der Waals surface area contributed by atoms with Crippen molar-refractivity contribution in [2.45, 2.75) is 13.8 Å². The molecule has 0 amide bonds. The molecule has 0 atom stereocenters. The molecule has 15 heavy (non-hydrogen) atoms. The van der Waals surface area contributed by atoms with Crippen molar-refractivity contribution in [3.8, 4) is 5.69 Å². The lowest BCUT2D eigenvalue weighted by atomic mass is 10.3. The SMILES string of the molecule is Cc1cn(-c2ccc(C=O)nc2)c(C)n1. The van der Waals surface area contributed by atoms with Crippen LogP contribution in [0.2, 0.25) is 0 Å². The zero-order valence-corrected chi connectivity index (χ0v) is 8.64. The fraction of sp³-hybridized carbons (Fsp3) is 0.182. The minimum atomic E-state index is 0.438. The molecule has 4 nitrogen and oxygen atoms in total. The van der Waals surface area contributed by atoms with Gasteiger partial charge in [-0.15, -0.1) is 0 Å². The minimum Gasteiger partial charge on any atom is -0.302 e. The number of pyridine rings is 1. The van der Waals surface area contributed by atoms with Gasteiger partial charge < -0.3 is 4.57 Å². The lowest BCUT2D eigenvalue weighted by molar-refractivity contribution is 0.111. The third-order valence-corrected chi connectivity index (χ3v) is 2.17. The average Bonchev–Trinajstić information content (AvgIpc) is 2.58. The molecule has 0 aromatic carbocycles. The maximum absolute atomic E-state index is 10.4. The molecule has 2 aromatic rings. The van der Waals surface area contributed by atoms with Gasteiger partial charge in [-0.1, -0.05) is 0 Å². The number of aromatic nitrogens is 3. The quantitative estimate of drug-likeness (QED) is 0.695.